The highest BCUT2D eigenvalue weighted by Gasteiger charge is 2.12. The quantitative estimate of drug-likeness (QED) is 0.652. The Bertz CT molecular complexity index is 384. The molecule has 0 amide bonds. The molecule has 0 aliphatic heterocycles. The van der Waals surface area contributed by atoms with Crippen molar-refractivity contribution in [2.24, 2.45) is 5.73 Å². The fourth-order valence-corrected chi connectivity index (χ4v) is 2.22. The molecular formula is C13H22N4S. The molecule has 1 rings (SSSR count). The summed E-state index contributed by atoms with van der Waals surface area (Å²) < 4.78 is 0. The number of anilines is 2. The minimum Gasteiger partial charge on any atom is -0.375 e. The standard InChI is InChI=1S/C13H22N4S/c1-5-16(6-2)11-7-9-12(10-8-11)17(13(14)18)15(3)4/h7-10H,5-6H2,1-4H3,(H2,14,18). The van der Waals surface area contributed by atoms with Crippen LogP contribution in [0.2, 0.25) is 0 Å². The molecule has 0 aromatic heterocycles. The van der Waals surface area contributed by atoms with Gasteiger partial charge in [-0.3, -0.25) is 5.01 Å². The van der Waals surface area contributed by atoms with Gasteiger partial charge in [-0.2, -0.15) is 0 Å². The normalized spacial score (nSPS) is 10.5. The second-order valence-corrected chi connectivity index (χ2v) is 4.60. The van der Waals surface area contributed by atoms with Gasteiger partial charge in [0.2, 0.25) is 0 Å². The molecule has 0 saturated carbocycles. The van der Waals surface area contributed by atoms with Gasteiger partial charge in [0.15, 0.2) is 5.11 Å². The summed E-state index contributed by atoms with van der Waals surface area (Å²) in [6.07, 6.45) is 0. The number of thiocarbonyl (C=S) groups is 1. The van der Waals surface area contributed by atoms with Gasteiger partial charge in [0.1, 0.15) is 0 Å². The summed E-state index contributed by atoms with van der Waals surface area (Å²) >= 11 is 5.06. The van der Waals surface area contributed by atoms with Crippen molar-refractivity contribution in [3.05, 3.63) is 24.3 Å². The minimum atomic E-state index is 0.343. The monoisotopic (exact) mass is 266 g/mol. The molecule has 1 aromatic carbocycles. The molecule has 0 bridgehead atoms. The van der Waals surface area contributed by atoms with Crippen molar-refractivity contribution in [2.75, 3.05) is 37.1 Å². The average molecular weight is 266 g/mol. The maximum absolute atomic E-state index is 5.73. The molecule has 0 fully saturated rings. The van der Waals surface area contributed by atoms with E-state index in [-0.39, 0.29) is 0 Å². The third-order valence-electron chi connectivity index (χ3n) is 2.83. The van der Waals surface area contributed by atoms with Crippen LogP contribution in [0.15, 0.2) is 24.3 Å². The summed E-state index contributed by atoms with van der Waals surface area (Å²) in [5, 5.41) is 4.01. The molecule has 0 unspecified atom stereocenters. The average Bonchev–Trinajstić information content (AvgIpc) is 2.31. The number of benzene rings is 1. The van der Waals surface area contributed by atoms with Crippen molar-refractivity contribution in [3.63, 3.8) is 0 Å². The fraction of sp³-hybridized carbons (Fsp3) is 0.462. The fourth-order valence-electron chi connectivity index (χ4n) is 1.95. The molecule has 100 valence electrons. The van der Waals surface area contributed by atoms with Gasteiger partial charge in [-0.1, -0.05) is 0 Å². The van der Waals surface area contributed by atoms with E-state index in [0.29, 0.717) is 5.11 Å². The summed E-state index contributed by atoms with van der Waals surface area (Å²) in [5.74, 6) is 0. The van der Waals surface area contributed by atoms with Crippen LogP contribution in [0.3, 0.4) is 0 Å². The molecule has 0 radical (unpaired) electrons. The lowest BCUT2D eigenvalue weighted by atomic mass is 10.2. The molecule has 2 N–H and O–H groups in total. The summed E-state index contributed by atoms with van der Waals surface area (Å²) in [7, 11) is 3.83. The van der Waals surface area contributed by atoms with Crippen LogP contribution in [0.5, 0.6) is 0 Å². The van der Waals surface area contributed by atoms with Crippen LogP contribution in [0, 0.1) is 0 Å². The van der Waals surface area contributed by atoms with E-state index in [1.54, 1.807) is 5.01 Å². The molecule has 4 nitrogen and oxygen atoms in total. The lowest BCUT2D eigenvalue weighted by Gasteiger charge is -2.30. The van der Waals surface area contributed by atoms with Crippen LogP contribution >= 0.6 is 12.2 Å². The minimum absolute atomic E-state index is 0.343. The van der Waals surface area contributed by atoms with Crippen LogP contribution in [0.1, 0.15) is 13.8 Å². The number of hydrogen-bond acceptors (Lipinski definition) is 3. The van der Waals surface area contributed by atoms with Crippen LogP contribution in [-0.4, -0.2) is 37.3 Å². The predicted octanol–water partition coefficient (Wildman–Crippen LogP) is 2.06. The maximum atomic E-state index is 5.73. The van der Waals surface area contributed by atoms with Gasteiger partial charge in [0.25, 0.3) is 0 Å². The summed E-state index contributed by atoms with van der Waals surface area (Å²) in [6, 6.07) is 8.26. The van der Waals surface area contributed by atoms with E-state index >= 15 is 0 Å². The molecule has 0 spiro atoms. The summed E-state index contributed by atoms with van der Waals surface area (Å²) in [4.78, 5) is 2.30. The highest BCUT2D eigenvalue weighted by Crippen LogP contribution is 2.21. The lowest BCUT2D eigenvalue weighted by molar-refractivity contribution is 0.430. The van der Waals surface area contributed by atoms with E-state index in [4.69, 9.17) is 18.0 Å². The van der Waals surface area contributed by atoms with Gasteiger partial charge >= 0.3 is 0 Å². The van der Waals surface area contributed by atoms with Crippen LogP contribution < -0.4 is 15.6 Å². The number of hydrogen-bond donors (Lipinski definition) is 1. The van der Waals surface area contributed by atoms with Gasteiger partial charge in [-0.25, -0.2) is 5.01 Å². The van der Waals surface area contributed by atoms with Gasteiger partial charge < -0.3 is 10.6 Å². The highest BCUT2D eigenvalue weighted by atomic mass is 32.1. The molecule has 0 aliphatic rings. The van der Waals surface area contributed by atoms with Gasteiger partial charge in [0, 0.05) is 32.9 Å². The predicted molar refractivity (Wildman–Crippen MR) is 83.0 cm³/mol. The smallest absolute Gasteiger partial charge is 0.185 e. The SMILES string of the molecule is CCN(CC)c1ccc(N(C(N)=S)N(C)C)cc1. The maximum Gasteiger partial charge on any atom is 0.185 e. The van der Waals surface area contributed by atoms with Crippen LogP contribution in [-0.2, 0) is 0 Å². The first kappa shape index (κ1) is 14.7. The Morgan fingerprint density at radius 3 is 1.83 bits per heavy atom. The lowest BCUT2D eigenvalue weighted by Crippen LogP contribution is -2.45. The zero-order chi connectivity index (χ0) is 13.7. The largest absolute Gasteiger partial charge is 0.375 e. The Morgan fingerprint density at radius 2 is 1.50 bits per heavy atom. The topological polar surface area (TPSA) is 35.7 Å². The molecule has 0 saturated heterocycles. The number of nitrogens with zero attached hydrogens (tertiary/aromatic N) is 3. The van der Waals surface area contributed by atoms with Crippen LogP contribution in [0.4, 0.5) is 11.4 Å². The van der Waals surface area contributed by atoms with Crippen molar-refractivity contribution < 1.29 is 0 Å². The Labute approximate surface area is 115 Å². The highest BCUT2D eigenvalue weighted by molar-refractivity contribution is 7.80. The molecule has 5 heteroatoms. The molecule has 0 atom stereocenters. The number of rotatable bonds is 5. The van der Waals surface area contributed by atoms with E-state index < -0.39 is 0 Å². The molecule has 1 aromatic rings. The van der Waals surface area contributed by atoms with Gasteiger partial charge in [0.05, 0.1) is 5.69 Å². The van der Waals surface area contributed by atoms with Crippen molar-refractivity contribution in [3.8, 4) is 0 Å². The van der Waals surface area contributed by atoms with E-state index in [9.17, 15) is 0 Å². The third-order valence-corrected chi connectivity index (χ3v) is 3.00. The van der Waals surface area contributed by atoms with Gasteiger partial charge in [-0.05, 0) is 50.3 Å². The molecule has 0 heterocycles. The summed E-state index contributed by atoms with van der Waals surface area (Å²) in [5.41, 5.74) is 7.91. The Morgan fingerprint density at radius 1 is 1.06 bits per heavy atom. The van der Waals surface area contributed by atoms with Gasteiger partial charge in [-0.15, -0.1) is 0 Å². The number of hydrazine groups is 1. The Balaban J connectivity index is 2.97. The van der Waals surface area contributed by atoms with Crippen molar-refractivity contribution in [1.29, 1.82) is 0 Å². The Hall–Kier alpha value is -1.33. The van der Waals surface area contributed by atoms with E-state index in [1.165, 1.54) is 5.69 Å². The first-order valence-corrected chi connectivity index (χ1v) is 6.53. The zero-order valence-electron chi connectivity index (χ0n) is 11.6. The third kappa shape index (κ3) is 3.34. The second kappa shape index (κ2) is 6.56. The van der Waals surface area contributed by atoms with Crippen LogP contribution in [0.25, 0.3) is 0 Å². The van der Waals surface area contributed by atoms with Crippen molar-refractivity contribution in [2.45, 2.75) is 13.8 Å². The first-order valence-electron chi connectivity index (χ1n) is 6.13. The van der Waals surface area contributed by atoms with E-state index in [0.717, 1.165) is 18.8 Å². The van der Waals surface area contributed by atoms with Crippen molar-refractivity contribution in [1.82, 2.24) is 5.01 Å². The zero-order valence-corrected chi connectivity index (χ0v) is 12.4. The summed E-state index contributed by atoms with van der Waals surface area (Å²) in [6.45, 7) is 6.31. The van der Waals surface area contributed by atoms with E-state index in [1.807, 2.05) is 31.2 Å². The number of nitrogens with two attached hydrogens (primary N) is 1. The molecule has 18 heavy (non-hydrogen) atoms. The Kier molecular flexibility index (Phi) is 5.37. The molecular weight excluding hydrogens is 244 g/mol. The first-order chi connectivity index (χ1) is 8.51. The van der Waals surface area contributed by atoms with E-state index in [2.05, 4.69) is 30.9 Å². The van der Waals surface area contributed by atoms with Crippen molar-refractivity contribution >= 4 is 28.7 Å². The molecule has 0 aliphatic carbocycles. The second-order valence-electron chi connectivity index (χ2n) is 4.19.